The van der Waals surface area contributed by atoms with E-state index in [2.05, 4.69) is 33.4 Å². The van der Waals surface area contributed by atoms with Gasteiger partial charge < -0.3 is 0 Å². The van der Waals surface area contributed by atoms with Crippen molar-refractivity contribution >= 4 is 0 Å². The van der Waals surface area contributed by atoms with Crippen LogP contribution >= 0.6 is 0 Å². The lowest BCUT2D eigenvalue weighted by Crippen LogP contribution is -1.93. The molecule has 0 saturated carbocycles. The Labute approximate surface area is 103 Å². The zero-order valence-corrected chi connectivity index (χ0v) is 11.6. The van der Waals surface area contributed by atoms with Gasteiger partial charge in [-0.05, 0) is 38.5 Å². The van der Waals surface area contributed by atoms with Gasteiger partial charge in [-0.1, -0.05) is 57.3 Å². The van der Waals surface area contributed by atoms with E-state index in [-0.39, 0.29) is 0 Å². The quantitative estimate of drug-likeness (QED) is 0.312. The Kier molecular flexibility index (Phi) is 10.6. The molecule has 0 aliphatic rings. The second-order valence-electron chi connectivity index (χ2n) is 4.61. The lowest BCUT2D eigenvalue weighted by molar-refractivity contribution is 0.666. The van der Waals surface area contributed by atoms with Gasteiger partial charge in [0, 0.05) is 0 Å². The van der Waals surface area contributed by atoms with E-state index in [0.717, 1.165) is 6.42 Å². The van der Waals surface area contributed by atoms with Gasteiger partial charge in [0.15, 0.2) is 0 Å². The molecule has 0 aromatic carbocycles. The Morgan fingerprint density at radius 1 is 0.875 bits per heavy atom. The standard InChI is InChI=1S/C16H30/c1-5-9-11-14-16(13-10-6-2)15(8-4)12-7-3/h7H,3,5-6,8-14H2,1-2,4H3/b16-15+. The van der Waals surface area contributed by atoms with Crippen molar-refractivity contribution in [2.45, 2.75) is 78.6 Å². The maximum Gasteiger partial charge on any atom is -0.0139 e. The highest BCUT2D eigenvalue weighted by Gasteiger charge is 2.04. The molecule has 0 aliphatic heterocycles. The van der Waals surface area contributed by atoms with Crippen LogP contribution in [0.3, 0.4) is 0 Å². The summed E-state index contributed by atoms with van der Waals surface area (Å²) in [7, 11) is 0. The van der Waals surface area contributed by atoms with Gasteiger partial charge in [0.1, 0.15) is 0 Å². The molecule has 94 valence electrons. The van der Waals surface area contributed by atoms with Crippen LogP contribution in [-0.2, 0) is 0 Å². The van der Waals surface area contributed by atoms with Crippen molar-refractivity contribution in [2.24, 2.45) is 0 Å². The largest absolute Gasteiger partial charge is 0.103 e. The van der Waals surface area contributed by atoms with Crippen molar-refractivity contribution in [2.75, 3.05) is 0 Å². The summed E-state index contributed by atoms with van der Waals surface area (Å²) in [6.45, 7) is 10.7. The van der Waals surface area contributed by atoms with Crippen LogP contribution in [0.5, 0.6) is 0 Å². The summed E-state index contributed by atoms with van der Waals surface area (Å²) in [5.74, 6) is 0. The number of hydrogen-bond acceptors (Lipinski definition) is 0. The molecule has 0 aromatic heterocycles. The summed E-state index contributed by atoms with van der Waals surface area (Å²) >= 11 is 0. The molecule has 0 nitrogen and oxygen atoms in total. The molecular weight excluding hydrogens is 192 g/mol. The second-order valence-corrected chi connectivity index (χ2v) is 4.61. The lowest BCUT2D eigenvalue weighted by atomic mass is 9.93. The Bertz CT molecular complexity index is 198. The molecule has 0 radical (unpaired) electrons. The third kappa shape index (κ3) is 6.87. The number of rotatable bonds is 10. The van der Waals surface area contributed by atoms with Gasteiger partial charge in [0.05, 0.1) is 0 Å². The topological polar surface area (TPSA) is 0 Å². The molecule has 0 fully saturated rings. The molecule has 0 unspecified atom stereocenters. The molecular formula is C16H30. The van der Waals surface area contributed by atoms with E-state index >= 15 is 0 Å². The van der Waals surface area contributed by atoms with Gasteiger partial charge in [0.2, 0.25) is 0 Å². The Morgan fingerprint density at radius 3 is 2.00 bits per heavy atom. The van der Waals surface area contributed by atoms with Crippen LogP contribution in [0.25, 0.3) is 0 Å². The Balaban J connectivity index is 4.38. The van der Waals surface area contributed by atoms with Gasteiger partial charge in [0.25, 0.3) is 0 Å². The van der Waals surface area contributed by atoms with Crippen LogP contribution in [0.2, 0.25) is 0 Å². The van der Waals surface area contributed by atoms with Crippen molar-refractivity contribution in [1.29, 1.82) is 0 Å². The highest BCUT2D eigenvalue weighted by atomic mass is 14.1. The third-order valence-electron chi connectivity index (χ3n) is 3.23. The van der Waals surface area contributed by atoms with Gasteiger partial charge in [-0.25, -0.2) is 0 Å². The van der Waals surface area contributed by atoms with Crippen molar-refractivity contribution in [3.63, 3.8) is 0 Å². The molecule has 16 heavy (non-hydrogen) atoms. The molecule has 0 heteroatoms. The van der Waals surface area contributed by atoms with E-state index < -0.39 is 0 Å². The minimum absolute atomic E-state index is 1.10. The van der Waals surface area contributed by atoms with E-state index in [1.165, 1.54) is 51.4 Å². The Morgan fingerprint density at radius 2 is 1.50 bits per heavy atom. The minimum Gasteiger partial charge on any atom is -0.103 e. The summed E-state index contributed by atoms with van der Waals surface area (Å²) in [6.07, 6.45) is 13.7. The fourth-order valence-corrected chi connectivity index (χ4v) is 2.17. The monoisotopic (exact) mass is 222 g/mol. The molecule has 0 aliphatic carbocycles. The first-order valence-electron chi connectivity index (χ1n) is 7.10. The molecule has 0 N–H and O–H groups in total. The average Bonchev–Trinajstić information content (AvgIpc) is 2.31. The van der Waals surface area contributed by atoms with E-state index in [0.29, 0.717) is 0 Å². The highest BCUT2D eigenvalue weighted by molar-refractivity contribution is 5.16. The van der Waals surface area contributed by atoms with Crippen molar-refractivity contribution < 1.29 is 0 Å². The minimum atomic E-state index is 1.10. The Hall–Kier alpha value is -0.520. The molecule has 0 bridgehead atoms. The van der Waals surface area contributed by atoms with Gasteiger partial charge >= 0.3 is 0 Å². The van der Waals surface area contributed by atoms with Crippen molar-refractivity contribution in [3.05, 3.63) is 23.8 Å². The molecule has 0 atom stereocenters. The van der Waals surface area contributed by atoms with Crippen molar-refractivity contribution in [1.82, 2.24) is 0 Å². The van der Waals surface area contributed by atoms with Crippen LogP contribution in [0.1, 0.15) is 78.6 Å². The van der Waals surface area contributed by atoms with Crippen LogP contribution < -0.4 is 0 Å². The van der Waals surface area contributed by atoms with E-state index in [1.807, 2.05) is 0 Å². The molecule has 0 rings (SSSR count). The first kappa shape index (κ1) is 15.5. The maximum atomic E-state index is 3.87. The van der Waals surface area contributed by atoms with Crippen LogP contribution in [0.15, 0.2) is 23.8 Å². The average molecular weight is 222 g/mol. The summed E-state index contributed by atoms with van der Waals surface area (Å²) in [6, 6.07) is 0. The normalized spacial score (nSPS) is 12.4. The van der Waals surface area contributed by atoms with Gasteiger partial charge in [-0.15, -0.1) is 6.58 Å². The number of allylic oxidation sites excluding steroid dienone is 3. The number of unbranched alkanes of at least 4 members (excludes halogenated alkanes) is 3. The molecule has 0 aromatic rings. The van der Waals surface area contributed by atoms with Crippen molar-refractivity contribution in [3.8, 4) is 0 Å². The van der Waals surface area contributed by atoms with E-state index in [9.17, 15) is 0 Å². The fourth-order valence-electron chi connectivity index (χ4n) is 2.17. The summed E-state index contributed by atoms with van der Waals surface area (Å²) in [5.41, 5.74) is 3.39. The summed E-state index contributed by atoms with van der Waals surface area (Å²) in [4.78, 5) is 0. The predicted octanol–water partition coefficient (Wildman–Crippen LogP) is 6.04. The second kappa shape index (κ2) is 11.0. The molecule has 0 heterocycles. The molecule has 0 saturated heterocycles. The zero-order chi connectivity index (χ0) is 12.2. The first-order chi connectivity index (χ1) is 7.79. The lowest BCUT2D eigenvalue weighted by Gasteiger charge is -2.13. The summed E-state index contributed by atoms with van der Waals surface area (Å²) < 4.78 is 0. The van der Waals surface area contributed by atoms with E-state index in [4.69, 9.17) is 0 Å². The maximum absolute atomic E-state index is 3.87. The predicted molar refractivity (Wildman–Crippen MR) is 75.8 cm³/mol. The molecule has 0 amide bonds. The fraction of sp³-hybridized carbons (Fsp3) is 0.750. The number of hydrogen-bond donors (Lipinski definition) is 0. The third-order valence-corrected chi connectivity index (χ3v) is 3.23. The van der Waals surface area contributed by atoms with E-state index in [1.54, 1.807) is 11.1 Å². The smallest absolute Gasteiger partial charge is 0.0139 e. The summed E-state index contributed by atoms with van der Waals surface area (Å²) in [5, 5.41) is 0. The van der Waals surface area contributed by atoms with Gasteiger partial charge in [-0.3, -0.25) is 0 Å². The van der Waals surface area contributed by atoms with Crippen LogP contribution in [-0.4, -0.2) is 0 Å². The van der Waals surface area contributed by atoms with Gasteiger partial charge in [-0.2, -0.15) is 0 Å². The zero-order valence-electron chi connectivity index (χ0n) is 11.6. The first-order valence-corrected chi connectivity index (χ1v) is 7.10. The highest BCUT2D eigenvalue weighted by Crippen LogP contribution is 2.24. The van der Waals surface area contributed by atoms with Crippen LogP contribution in [0.4, 0.5) is 0 Å². The SMILES string of the molecule is C=CC/C(CC)=C(\CCCC)CCCCC. The van der Waals surface area contributed by atoms with Crippen LogP contribution in [0, 0.1) is 0 Å². The molecule has 0 spiro atoms.